The number of hydrogen-bond donors (Lipinski definition) is 1. The largest absolute Gasteiger partial charge is 0.573 e. The molecule has 2 aromatic rings. The van der Waals surface area contributed by atoms with E-state index < -0.39 is 6.36 Å². The van der Waals surface area contributed by atoms with E-state index in [-0.39, 0.29) is 22.6 Å². The molecule has 5 fully saturated rings. The molecule has 3 saturated carbocycles. The van der Waals surface area contributed by atoms with Crippen LogP contribution in [0.3, 0.4) is 0 Å². The van der Waals surface area contributed by atoms with E-state index in [0.717, 1.165) is 81.8 Å². The lowest BCUT2D eigenvalue weighted by molar-refractivity contribution is -0.274. The molecule has 0 bridgehead atoms. The smallest absolute Gasteiger partial charge is 0.404 e. The predicted octanol–water partition coefficient (Wildman–Crippen LogP) is 4.23. The zero-order valence-corrected chi connectivity index (χ0v) is 19.9. The summed E-state index contributed by atoms with van der Waals surface area (Å²) in [5, 5.41) is 7.54. The lowest BCUT2D eigenvalue weighted by Gasteiger charge is -2.63. The number of amides is 2. The molecule has 192 valence electrons. The molecule has 2 aromatic heterocycles. The number of rotatable bonds is 5. The molecule has 3 aliphatic carbocycles. The van der Waals surface area contributed by atoms with Crippen molar-refractivity contribution in [2.24, 2.45) is 16.7 Å². The van der Waals surface area contributed by atoms with Gasteiger partial charge in [-0.2, -0.15) is 5.10 Å². The van der Waals surface area contributed by atoms with Gasteiger partial charge in [0, 0.05) is 54.5 Å². The predicted molar refractivity (Wildman–Crippen MR) is 121 cm³/mol. The van der Waals surface area contributed by atoms with Crippen molar-refractivity contribution in [1.82, 2.24) is 30.0 Å². The first-order valence-electron chi connectivity index (χ1n) is 12.8. The van der Waals surface area contributed by atoms with Crippen molar-refractivity contribution in [2.45, 2.75) is 63.1 Å². The van der Waals surface area contributed by atoms with E-state index in [1.807, 2.05) is 9.80 Å². The van der Waals surface area contributed by atoms with Crippen LogP contribution in [0.1, 0.15) is 67.7 Å². The van der Waals surface area contributed by atoms with Gasteiger partial charge in [-0.3, -0.25) is 10.1 Å². The van der Waals surface area contributed by atoms with Gasteiger partial charge in [0.15, 0.2) is 5.82 Å². The number of aromatic amines is 1. The van der Waals surface area contributed by atoms with E-state index in [4.69, 9.17) is 4.98 Å². The van der Waals surface area contributed by atoms with Crippen molar-refractivity contribution in [3.8, 4) is 5.75 Å². The summed E-state index contributed by atoms with van der Waals surface area (Å²) in [5.41, 5.74) is 1.25. The number of H-pyrrole nitrogens is 1. The third kappa shape index (κ3) is 4.00. The van der Waals surface area contributed by atoms with Crippen LogP contribution < -0.4 is 4.74 Å². The number of carbonyl (C=O) groups is 1. The number of nitrogens with zero attached hydrogens (tertiary/aromatic N) is 5. The van der Waals surface area contributed by atoms with Crippen LogP contribution in [-0.4, -0.2) is 68.5 Å². The molecule has 7 rings (SSSR count). The van der Waals surface area contributed by atoms with Crippen molar-refractivity contribution >= 4 is 6.03 Å². The first-order chi connectivity index (χ1) is 17.2. The highest BCUT2D eigenvalue weighted by Crippen LogP contribution is 2.57. The van der Waals surface area contributed by atoms with Gasteiger partial charge < -0.3 is 14.5 Å². The van der Waals surface area contributed by atoms with Crippen LogP contribution in [0.15, 0.2) is 18.3 Å². The minimum atomic E-state index is -4.70. The standard InChI is InChI=1S/C25H29F3N6O2/c26-25(27,28)36-19-4-3-18(29-10-19)5-15-6-23(7-15)11-33(12-23)22(35)34-13-24(14-34)8-17(9-24)21-30-20(31-32-21)16-1-2-16/h3-4,10,15-17H,1-2,5-9,11-14H2,(H,30,31,32). The number of nitrogens with one attached hydrogen (secondary N) is 1. The molecular weight excluding hydrogens is 473 g/mol. The second kappa shape index (κ2) is 7.58. The first-order valence-corrected chi connectivity index (χ1v) is 12.8. The zero-order valence-electron chi connectivity index (χ0n) is 19.9. The highest BCUT2D eigenvalue weighted by atomic mass is 19.4. The Hall–Kier alpha value is -2.85. The van der Waals surface area contributed by atoms with E-state index in [1.165, 1.54) is 18.9 Å². The molecule has 36 heavy (non-hydrogen) atoms. The molecule has 0 unspecified atom stereocenters. The average molecular weight is 503 g/mol. The Bertz CT molecular complexity index is 1150. The van der Waals surface area contributed by atoms with Gasteiger partial charge in [-0.25, -0.2) is 9.78 Å². The maximum absolute atomic E-state index is 12.9. The van der Waals surface area contributed by atoms with Crippen LogP contribution in [0, 0.1) is 16.7 Å². The summed E-state index contributed by atoms with van der Waals surface area (Å²) >= 11 is 0. The average Bonchev–Trinajstić information content (AvgIpc) is 3.44. The summed E-state index contributed by atoms with van der Waals surface area (Å²) in [6.45, 7) is 3.30. The van der Waals surface area contributed by atoms with Crippen LogP contribution in [0.4, 0.5) is 18.0 Å². The first kappa shape index (κ1) is 22.4. The number of pyridine rings is 1. The monoisotopic (exact) mass is 502 g/mol. The fourth-order valence-electron chi connectivity index (χ4n) is 7.02. The third-order valence-electron chi connectivity index (χ3n) is 8.83. The Morgan fingerprint density at radius 1 is 1.03 bits per heavy atom. The van der Waals surface area contributed by atoms with Crippen molar-refractivity contribution < 1.29 is 22.7 Å². The number of ether oxygens (including phenoxy) is 1. The Labute approximate surface area is 206 Å². The van der Waals surface area contributed by atoms with E-state index in [2.05, 4.69) is 19.9 Å². The molecule has 4 heterocycles. The molecule has 2 amide bonds. The van der Waals surface area contributed by atoms with Gasteiger partial charge in [0.05, 0.1) is 6.20 Å². The molecule has 1 N–H and O–H groups in total. The number of hydrogen-bond acceptors (Lipinski definition) is 5. The molecule has 5 aliphatic rings. The maximum Gasteiger partial charge on any atom is 0.573 e. The molecule has 0 aromatic carbocycles. The minimum Gasteiger partial charge on any atom is -0.404 e. The number of alkyl halides is 3. The van der Waals surface area contributed by atoms with E-state index in [1.54, 1.807) is 6.07 Å². The van der Waals surface area contributed by atoms with Gasteiger partial charge in [-0.1, -0.05) is 0 Å². The SMILES string of the molecule is O=C(N1CC2(CC(Cc3ccc(OC(F)(F)F)cn3)C2)C1)N1CC2(CC(c3n[nH]c(C4CC4)n3)C2)C1. The topological polar surface area (TPSA) is 87.2 Å². The van der Waals surface area contributed by atoms with Gasteiger partial charge in [0.2, 0.25) is 0 Å². The molecule has 2 aliphatic heterocycles. The lowest BCUT2D eigenvalue weighted by Crippen LogP contribution is -2.71. The summed E-state index contributed by atoms with van der Waals surface area (Å²) in [6.07, 6.45) is 3.80. The second-order valence-electron chi connectivity index (χ2n) is 12.0. The highest BCUT2D eigenvalue weighted by Gasteiger charge is 2.58. The van der Waals surface area contributed by atoms with Gasteiger partial charge in [-0.15, -0.1) is 13.2 Å². The summed E-state index contributed by atoms with van der Waals surface area (Å²) in [7, 11) is 0. The summed E-state index contributed by atoms with van der Waals surface area (Å²) in [6, 6.07) is 3.07. The van der Waals surface area contributed by atoms with E-state index in [9.17, 15) is 18.0 Å². The van der Waals surface area contributed by atoms with Crippen molar-refractivity contribution in [3.05, 3.63) is 35.7 Å². The van der Waals surface area contributed by atoms with Gasteiger partial charge in [-0.05, 0) is 63.0 Å². The van der Waals surface area contributed by atoms with Gasteiger partial charge in [0.1, 0.15) is 11.6 Å². The third-order valence-corrected chi connectivity index (χ3v) is 8.83. The van der Waals surface area contributed by atoms with E-state index >= 15 is 0 Å². The fraction of sp³-hybridized carbons (Fsp3) is 0.680. The van der Waals surface area contributed by atoms with Crippen LogP contribution in [0.25, 0.3) is 0 Å². The normalized spacial score (nSPS) is 24.8. The highest BCUT2D eigenvalue weighted by molar-refractivity contribution is 5.77. The zero-order chi connectivity index (χ0) is 24.7. The van der Waals surface area contributed by atoms with Crippen LogP contribution >= 0.6 is 0 Å². The van der Waals surface area contributed by atoms with Crippen LogP contribution in [-0.2, 0) is 6.42 Å². The lowest BCUT2D eigenvalue weighted by atomic mass is 9.56. The molecular formula is C25H29F3N6O2. The quantitative estimate of drug-likeness (QED) is 0.661. The van der Waals surface area contributed by atoms with Crippen molar-refractivity contribution in [3.63, 3.8) is 0 Å². The fourth-order valence-corrected chi connectivity index (χ4v) is 7.02. The number of carbonyl (C=O) groups excluding carboxylic acids is 1. The Balaban J connectivity index is 0.828. The van der Waals surface area contributed by atoms with Crippen molar-refractivity contribution in [2.75, 3.05) is 26.2 Å². The molecule has 2 saturated heterocycles. The summed E-state index contributed by atoms with van der Waals surface area (Å²) in [4.78, 5) is 25.7. The number of urea groups is 1. The number of halogens is 3. The Morgan fingerprint density at radius 2 is 1.69 bits per heavy atom. The summed E-state index contributed by atoms with van der Waals surface area (Å²) < 4.78 is 40.7. The van der Waals surface area contributed by atoms with Crippen molar-refractivity contribution in [1.29, 1.82) is 0 Å². The summed E-state index contributed by atoms with van der Waals surface area (Å²) in [5.74, 6) is 3.18. The van der Waals surface area contributed by atoms with Crippen LogP contribution in [0.5, 0.6) is 5.75 Å². The van der Waals surface area contributed by atoms with Crippen LogP contribution in [0.2, 0.25) is 0 Å². The molecule has 8 nitrogen and oxygen atoms in total. The number of likely N-dealkylation sites (tertiary alicyclic amines) is 2. The minimum absolute atomic E-state index is 0.161. The molecule has 0 radical (unpaired) electrons. The van der Waals surface area contributed by atoms with Gasteiger partial charge in [0.25, 0.3) is 0 Å². The molecule has 2 spiro atoms. The van der Waals surface area contributed by atoms with E-state index in [0.29, 0.717) is 17.8 Å². The number of aromatic nitrogens is 4. The molecule has 0 atom stereocenters. The van der Waals surface area contributed by atoms with Gasteiger partial charge >= 0.3 is 12.4 Å². The Kier molecular flexibility index (Phi) is 4.71. The Morgan fingerprint density at radius 3 is 2.28 bits per heavy atom. The molecule has 11 heteroatoms. The second-order valence-corrected chi connectivity index (χ2v) is 12.0. The maximum atomic E-state index is 12.9.